The largest absolute Gasteiger partial charge is 0.379 e. The zero-order valence-corrected chi connectivity index (χ0v) is 11.9. The zero-order valence-electron chi connectivity index (χ0n) is 11.9. The number of amides is 1. The normalized spacial score (nSPS) is 26.5. The summed E-state index contributed by atoms with van der Waals surface area (Å²) in [6.45, 7) is 3.06. The number of hydrogen-bond acceptors (Lipinski definition) is 3. The molecule has 0 saturated carbocycles. The van der Waals surface area contributed by atoms with E-state index >= 15 is 0 Å². The van der Waals surface area contributed by atoms with Gasteiger partial charge in [0.2, 0.25) is 0 Å². The number of carbonyl (C=O) groups excluding carboxylic acids is 1. The Morgan fingerprint density at radius 1 is 1.24 bits per heavy atom. The molecule has 114 valence electrons. The molecule has 2 atom stereocenters. The van der Waals surface area contributed by atoms with Crippen molar-refractivity contribution in [3.8, 4) is 0 Å². The molecule has 21 heavy (non-hydrogen) atoms. The fourth-order valence-corrected chi connectivity index (χ4v) is 3.14. The van der Waals surface area contributed by atoms with Crippen molar-refractivity contribution in [2.75, 3.05) is 39.9 Å². The lowest BCUT2D eigenvalue weighted by molar-refractivity contribution is 0.0480. The molecule has 2 bridgehead atoms. The van der Waals surface area contributed by atoms with E-state index in [1.807, 2.05) is 7.05 Å². The van der Waals surface area contributed by atoms with E-state index in [-0.39, 0.29) is 17.5 Å². The summed E-state index contributed by atoms with van der Waals surface area (Å²) < 4.78 is 32.7. The van der Waals surface area contributed by atoms with Crippen molar-refractivity contribution < 1.29 is 18.3 Å². The molecule has 0 spiro atoms. The monoisotopic (exact) mass is 296 g/mol. The summed E-state index contributed by atoms with van der Waals surface area (Å²) in [6.07, 6.45) is 0. The molecule has 6 heteroatoms. The predicted molar refractivity (Wildman–Crippen MR) is 73.0 cm³/mol. The lowest BCUT2D eigenvalue weighted by Crippen LogP contribution is -2.46. The fraction of sp³-hybridized carbons (Fsp3) is 0.533. The van der Waals surface area contributed by atoms with Crippen molar-refractivity contribution in [2.24, 2.45) is 5.92 Å². The molecule has 0 N–H and O–H groups in total. The number of ether oxygens (including phenoxy) is 1. The van der Waals surface area contributed by atoms with Crippen LogP contribution >= 0.6 is 0 Å². The first-order chi connectivity index (χ1) is 10.0. The van der Waals surface area contributed by atoms with Gasteiger partial charge in [-0.3, -0.25) is 4.79 Å². The van der Waals surface area contributed by atoms with Crippen LogP contribution in [0.15, 0.2) is 18.2 Å². The van der Waals surface area contributed by atoms with Crippen LogP contribution in [0.25, 0.3) is 0 Å². The van der Waals surface area contributed by atoms with E-state index in [1.54, 1.807) is 4.90 Å². The predicted octanol–water partition coefficient (Wildman–Crippen LogP) is 1.37. The van der Waals surface area contributed by atoms with E-state index in [1.165, 1.54) is 0 Å². The fourth-order valence-electron chi connectivity index (χ4n) is 3.14. The van der Waals surface area contributed by atoms with Gasteiger partial charge in [-0.15, -0.1) is 0 Å². The average molecular weight is 296 g/mol. The maximum Gasteiger partial charge on any atom is 0.257 e. The summed E-state index contributed by atoms with van der Waals surface area (Å²) in [5.41, 5.74) is -0.204. The molecule has 2 aliphatic rings. The number of hydrogen-bond donors (Lipinski definition) is 0. The maximum absolute atomic E-state index is 13.8. The van der Waals surface area contributed by atoms with Gasteiger partial charge in [-0.05, 0) is 25.2 Å². The van der Waals surface area contributed by atoms with Gasteiger partial charge in [-0.2, -0.15) is 0 Å². The van der Waals surface area contributed by atoms with E-state index in [4.69, 9.17) is 4.74 Å². The summed E-state index contributed by atoms with van der Waals surface area (Å²) in [5, 5.41) is 0. The van der Waals surface area contributed by atoms with E-state index in [2.05, 4.69) is 4.90 Å². The van der Waals surface area contributed by atoms with Crippen LogP contribution in [0.1, 0.15) is 10.4 Å². The van der Waals surface area contributed by atoms with Crippen LogP contribution in [-0.4, -0.2) is 61.6 Å². The SMILES string of the molecule is CN1C[C@@H]2COC[C@H](C1)N(C(=O)c1cc(F)ccc1F)C2. The van der Waals surface area contributed by atoms with Gasteiger partial charge in [0.15, 0.2) is 0 Å². The van der Waals surface area contributed by atoms with Gasteiger partial charge >= 0.3 is 0 Å². The second kappa shape index (κ2) is 5.69. The van der Waals surface area contributed by atoms with Gasteiger partial charge in [-0.1, -0.05) is 0 Å². The van der Waals surface area contributed by atoms with Crippen molar-refractivity contribution in [1.82, 2.24) is 9.80 Å². The molecule has 2 saturated heterocycles. The molecule has 4 nitrogen and oxygen atoms in total. The highest BCUT2D eigenvalue weighted by molar-refractivity contribution is 5.94. The van der Waals surface area contributed by atoms with Gasteiger partial charge in [0.1, 0.15) is 11.6 Å². The minimum atomic E-state index is -0.686. The Kier molecular flexibility index (Phi) is 3.91. The molecule has 0 aliphatic carbocycles. The van der Waals surface area contributed by atoms with Gasteiger partial charge in [-0.25, -0.2) is 8.78 Å². The number of likely N-dealkylation sites (N-methyl/N-ethyl adjacent to an activating group) is 1. The molecule has 1 aromatic rings. The molecule has 3 rings (SSSR count). The minimum absolute atomic E-state index is 0.127. The highest BCUT2D eigenvalue weighted by atomic mass is 19.1. The van der Waals surface area contributed by atoms with Crippen LogP contribution in [0.4, 0.5) is 8.78 Å². The number of benzene rings is 1. The Labute approximate surface area is 122 Å². The Hall–Kier alpha value is -1.53. The average Bonchev–Trinajstić information content (AvgIpc) is 2.71. The molecular formula is C15H18F2N2O2. The number of halogens is 2. The van der Waals surface area contributed by atoms with E-state index in [9.17, 15) is 13.6 Å². The second-order valence-corrected chi connectivity index (χ2v) is 5.86. The van der Waals surface area contributed by atoms with Crippen LogP contribution < -0.4 is 0 Å². The minimum Gasteiger partial charge on any atom is -0.379 e. The molecule has 0 radical (unpaired) electrons. The molecule has 2 aliphatic heterocycles. The first-order valence-electron chi connectivity index (χ1n) is 7.07. The smallest absolute Gasteiger partial charge is 0.257 e. The Balaban J connectivity index is 1.91. The van der Waals surface area contributed by atoms with Crippen molar-refractivity contribution in [3.63, 3.8) is 0 Å². The van der Waals surface area contributed by atoms with E-state index < -0.39 is 17.5 Å². The highest BCUT2D eigenvalue weighted by Crippen LogP contribution is 2.22. The lowest BCUT2D eigenvalue weighted by Gasteiger charge is -2.29. The van der Waals surface area contributed by atoms with Crippen molar-refractivity contribution in [3.05, 3.63) is 35.4 Å². The molecule has 1 amide bonds. The second-order valence-electron chi connectivity index (χ2n) is 5.86. The molecule has 2 fully saturated rings. The number of nitrogens with zero attached hydrogens (tertiary/aromatic N) is 2. The molecular weight excluding hydrogens is 278 g/mol. The Bertz CT molecular complexity index is 552. The van der Waals surface area contributed by atoms with Gasteiger partial charge in [0, 0.05) is 25.6 Å². The van der Waals surface area contributed by atoms with Gasteiger partial charge < -0.3 is 14.5 Å². The van der Waals surface area contributed by atoms with Crippen molar-refractivity contribution >= 4 is 5.91 Å². The van der Waals surface area contributed by atoms with E-state index in [0.717, 1.165) is 24.7 Å². The van der Waals surface area contributed by atoms with Crippen molar-refractivity contribution in [1.29, 1.82) is 0 Å². The van der Waals surface area contributed by atoms with Crippen LogP contribution in [0.2, 0.25) is 0 Å². The van der Waals surface area contributed by atoms with Crippen LogP contribution in [0, 0.1) is 17.6 Å². The maximum atomic E-state index is 13.8. The van der Waals surface area contributed by atoms with Crippen LogP contribution in [0.5, 0.6) is 0 Å². The van der Waals surface area contributed by atoms with Crippen molar-refractivity contribution in [2.45, 2.75) is 6.04 Å². The number of rotatable bonds is 1. The van der Waals surface area contributed by atoms with Crippen LogP contribution in [0.3, 0.4) is 0 Å². The number of fused-ring (bicyclic) bond motifs is 3. The van der Waals surface area contributed by atoms with Gasteiger partial charge in [0.05, 0.1) is 24.8 Å². The Morgan fingerprint density at radius 2 is 2.05 bits per heavy atom. The first-order valence-corrected chi connectivity index (χ1v) is 7.07. The third kappa shape index (κ3) is 2.91. The summed E-state index contributed by atoms with van der Waals surface area (Å²) in [4.78, 5) is 16.4. The van der Waals surface area contributed by atoms with Gasteiger partial charge in [0.25, 0.3) is 5.91 Å². The first kappa shape index (κ1) is 14.4. The topological polar surface area (TPSA) is 32.8 Å². The summed E-state index contributed by atoms with van der Waals surface area (Å²) in [5.74, 6) is -1.55. The number of carbonyl (C=O) groups is 1. The third-order valence-electron chi connectivity index (χ3n) is 4.07. The zero-order chi connectivity index (χ0) is 15.0. The Morgan fingerprint density at radius 3 is 2.86 bits per heavy atom. The molecule has 1 aromatic carbocycles. The standard InChI is InChI=1S/C15H18F2N2O2/c1-18-5-10-6-19(12(7-18)9-21-8-10)15(20)13-4-11(16)2-3-14(13)17/h2-4,10,12H,5-9H2,1H3/t10-,12-/m0/s1. The lowest BCUT2D eigenvalue weighted by atomic mass is 10.1. The third-order valence-corrected chi connectivity index (χ3v) is 4.07. The molecule has 2 heterocycles. The summed E-state index contributed by atoms with van der Waals surface area (Å²) in [6, 6.07) is 2.86. The molecule has 0 unspecified atom stereocenters. The van der Waals surface area contributed by atoms with E-state index in [0.29, 0.717) is 26.3 Å². The molecule has 0 aromatic heterocycles. The summed E-state index contributed by atoms with van der Waals surface area (Å²) in [7, 11) is 2.00. The quantitative estimate of drug-likeness (QED) is 0.784. The van der Waals surface area contributed by atoms with Crippen LogP contribution in [-0.2, 0) is 4.74 Å². The highest BCUT2D eigenvalue weighted by Gasteiger charge is 2.35. The summed E-state index contributed by atoms with van der Waals surface area (Å²) >= 11 is 0.